The third-order valence-corrected chi connectivity index (χ3v) is 9.56. The van der Waals surface area contributed by atoms with Crippen molar-refractivity contribution < 1.29 is 52.0 Å². The number of ether oxygens (including phenoxy) is 5. The Hall–Kier alpha value is -4.28. The van der Waals surface area contributed by atoms with Gasteiger partial charge in [-0.1, -0.05) is 12.1 Å². The molecule has 52 heavy (non-hydrogen) atoms. The van der Waals surface area contributed by atoms with Gasteiger partial charge in [0.05, 0.1) is 70.0 Å². The Kier molecular flexibility index (Phi) is 14.2. The van der Waals surface area contributed by atoms with Gasteiger partial charge in [0, 0.05) is 19.6 Å². The second-order valence-corrected chi connectivity index (χ2v) is 12.9. The molecule has 282 valence electrons. The summed E-state index contributed by atoms with van der Waals surface area (Å²) in [4.78, 5) is 65.0. The van der Waals surface area contributed by atoms with Crippen LogP contribution in [0.5, 0.6) is 5.75 Å². The maximum absolute atomic E-state index is 14.9. The quantitative estimate of drug-likeness (QED) is 0.151. The number of carbonyl (C=O) groups excluding carboxylic acids is 5. The lowest BCUT2D eigenvalue weighted by Gasteiger charge is -2.32. The predicted octanol–water partition coefficient (Wildman–Crippen LogP) is 2.21. The van der Waals surface area contributed by atoms with E-state index in [2.05, 4.69) is 10.2 Å². The highest BCUT2D eigenvalue weighted by Gasteiger charge is 2.45. The van der Waals surface area contributed by atoms with Crippen molar-refractivity contribution in [2.24, 2.45) is 5.73 Å². The zero-order valence-electron chi connectivity index (χ0n) is 29.5. The van der Waals surface area contributed by atoms with Crippen LogP contribution in [0.4, 0.5) is 4.39 Å². The van der Waals surface area contributed by atoms with Crippen molar-refractivity contribution in [2.45, 2.75) is 50.5 Å². The minimum Gasteiger partial charge on any atom is -0.497 e. The number of rotatable bonds is 20. The Morgan fingerprint density at radius 3 is 2.17 bits per heavy atom. The molecule has 2 fully saturated rings. The van der Waals surface area contributed by atoms with Crippen LogP contribution in [0, 0.1) is 5.82 Å². The highest BCUT2D eigenvalue weighted by atomic mass is 19.1. The van der Waals surface area contributed by atoms with Gasteiger partial charge >= 0.3 is 0 Å². The van der Waals surface area contributed by atoms with E-state index in [1.807, 2.05) is 0 Å². The number of amides is 5. The average molecular weight is 727 g/mol. The van der Waals surface area contributed by atoms with E-state index < -0.39 is 41.4 Å². The molecule has 0 bridgehead atoms. The SMILES string of the molecule is COc1cc(C(N)=O)c(F)c(C2CCN(CCOCCOCCOCCOCCCc3cccc4c3C(=O)N(C3CCC(=O)NC3=O)C4=O)CC2)c1. The van der Waals surface area contributed by atoms with Crippen molar-refractivity contribution >= 4 is 29.5 Å². The molecule has 0 aliphatic carbocycles. The molecule has 2 saturated heterocycles. The van der Waals surface area contributed by atoms with Gasteiger partial charge in [0.25, 0.3) is 17.7 Å². The number of nitrogens with two attached hydrogens (primary N) is 1. The van der Waals surface area contributed by atoms with Crippen molar-refractivity contribution in [3.63, 3.8) is 0 Å². The standard InChI is InChI=1S/C37H47FN4O10/c1-48-26-22-28(33(38)29(23-26)34(39)44)24-9-11-41(12-10-24)13-15-50-17-19-52-21-20-51-18-16-49-14-3-5-25-4-2-6-27-32(25)37(47)42(36(27)46)30-7-8-31(43)40-35(30)45/h2,4,6,22-24,30H,3,5,7-21H2,1H3,(H2,39,44)(H,40,43,45). The number of nitrogens with zero attached hydrogens (tertiary/aromatic N) is 2. The van der Waals surface area contributed by atoms with Gasteiger partial charge in [-0.2, -0.15) is 0 Å². The van der Waals surface area contributed by atoms with E-state index in [1.54, 1.807) is 24.3 Å². The van der Waals surface area contributed by atoms with Crippen LogP contribution in [0.15, 0.2) is 30.3 Å². The topological polar surface area (TPSA) is 176 Å². The number of primary amides is 1. The number of hydrogen-bond donors (Lipinski definition) is 2. The van der Waals surface area contributed by atoms with Gasteiger partial charge in [0.2, 0.25) is 11.8 Å². The van der Waals surface area contributed by atoms with Crippen LogP contribution in [-0.4, -0.2) is 125 Å². The minimum atomic E-state index is -0.990. The molecule has 0 radical (unpaired) electrons. The number of fused-ring (bicyclic) bond motifs is 1. The predicted molar refractivity (Wildman–Crippen MR) is 185 cm³/mol. The first kappa shape index (κ1) is 38.9. The van der Waals surface area contributed by atoms with Gasteiger partial charge < -0.3 is 34.3 Å². The molecule has 15 heteroatoms. The van der Waals surface area contributed by atoms with Crippen molar-refractivity contribution in [2.75, 3.05) is 79.6 Å². The van der Waals surface area contributed by atoms with Gasteiger partial charge in [-0.25, -0.2) is 4.39 Å². The van der Waals surface area contributed by atoms with Crippen LogP contribution < -0.4 is 15.8 Å². The number of aryl methyl sites for hydroxylation is 1. The van der Waals surface area contributed by atoms with Gasteiger partial charge in [0.15, 0.2) is 0 Å². The molecule has 0 saturated carbocycles. The second-order valence-electron chi connectivity index (χ2n) is 12.9. The summed E-state index contributed by atoms with van der Waals surface area (Å²) in [7, 11) is 1.48. The highest BCUT2D eigenvalue weighted by Crippen LogP contribution is 2.34. The Labute approximate surface area is 302 Å². The molecule has 14 nitrogen and oxygen atoms in total. The summed E-state index contributed by atoms with van der Waals surface area (Å²) >= 11 is 0. The van der Waals surface area contributed by atoms with Crippen LogP contribution in [0.1, 0.15) is 80.2 Å². The molecule has 5 amide bonds. The minimum absolute atomic E-state index is 0.0153. The van der Waals surface area contributed by atoms with Crippen molar-refractivity contribution in [1.82, 2.24) is 15.1 Å². The molecule has 2 aromatic carbocycles. The Balaban J connectivity index is 0.862. The van der Waals surface area contributed by atoms with Crippen molar-refractivity contribution in [3.05, 3.63) is 64.0 Å². The molecular weight excluding hydrogens is 679 g/mol. The largest absolute Gasteiger partial charge is 0.497 e. The summed E-state index contributed by atoms with van der Waals surface area (Å²) in [6.45, 7) is 5.90. The Morgan fingerprint density at radius 1 is 0.885 bits per heavy atom. The Bertz CT molecular complexity index is 1610. The number of halogens is 1. The van der Waals surface area contributed by atoms with Crippen LogP contribution >= 0.6 is 0 Å². The van der Waals surface area contributed by atoms with E-state index in [1.165, 1.54) is 13.2 Å². The monoisotopic (exact) mass is 726 g/mol. The number of methoxy groups -OCH3 is 1. The number of piperidine rings is 2. The summed E-state index contributed by atoms with van der Waals surface area (Å²) in [6.07, 6.45) is 2.85. The number of benzene rings is 2. The lowest BCUT2D eigenvalue weighted by atomic mass is 9.87. The maximum Gasteiger partial charge on any atom is 0.262 e. The summed E-state index contributed by atoms with van der Waals surface area (Å²) in [5.74, 6) is -3.02. The van der Waals surface area contributed by atoms with Gasteiger partial charge in [-0.15, -0.1) is 0 Å². The molecular formula is C37H47FN4O10. The molecule has 1 atom stereocenters. The third kappa shape index (κ3) is 9.77. The van der Waals surface area contributed by atoms with E-state index in [-0.39, 0.29) is 29.9 Å². The summed E-state index contributed by atoms with van der Waals surface area (Å²) in [5.41, 5.74) is 6.99. The van der Waals surface area contributed by atoms with Gasteiger partial charge in [0.1, 0.15) is 17.6 Å². The molecule has 2 aromatic rings. The Morgan fingerprint density at radius 2 is 1.54 bits per heavy atom. The van der Waals surface area contributed by atoms with Gasteiger partial charge in [-0.3, -0.25) is 34.2 Å². The number of nitrogens with one attached hydrogen (secondary N) is 1. The van der Waals surface area contributed by atoms with Crippen LogP contribution in [0.3, 0.4) is 0 Å². The summed E-state index contributed by atoms with van der Waals surface area (Å²) < 4.78 is 42.7. The number of carbonyl (C=O) groups is 5. The first-order valence-corrected chi connectivity index (χ1v) is 17.7. The van der Waals surface area contributed by atoms with Gasteiger partial charge in [-0.05, 0) is 80.4 Å². The van der Waals surface area contributed by atoms with E-state index in [9.17, 15) is 28.4 Å². The van der Waals surface area contributed by atoms with Crippen molar-refractivity contribution in [1.29, 1.82) is 0 Å². The normalized spacial score (nSPS) is 18.2. The molecule has 3 N–H and O–H groups in total. The molecule has 0 spiro atoms. The summed E-state index contributed by atoms with van der Waals surface area (Å²) in [5, 5.41) is 2.21. The number of imide groups is 2. The van der Waals surface area contributed by atoms with E-state index in [0.717, 1.165) is 42.9 Å². The summed E-state index contributed by atoms with van der Waals surface area (Å²) in [6, 6.07) is 7.11. The number of hydrogen-bond acceptors (Lipinski definition) is 11. The van der Waals surface area contributed by atoms with E-state index >= 15 is 0 Å². The van der Waals surface area contributed by atoms with Crippen LogP contribution in [0.25, 0.3) is 0 Å². The molecule has 3 heterocycles. The lowest BCUT2D eigenvalue weighted by Crippen LogP contribution is -2.54. The van der Waals surface area contributed by atoms with Crippen LogP contribution in [-0.2, 0) is 35.0 Å². The zero-order valence-corrected chi connectivity index (χ0v) is 29.5. The fraction of sp³-hybridized carbons (Fsp3) is 0.541. The number of likely N-dealkylation sites (tertiary alicyclic amines) is 1. The first-order valence-electron chi connectivity index (χ1n) is 17.7. The van der Waals surface area contributed by atoms with E-state index in [0.29, 0.717) is 82.6 Å². The maximum atomic E-state index is 14.9. The zero-order chi connectivity index (χ0) is 37.0. The molecule has 3 aliphatic rings. The van der Waals surface area contributed by atoms with E-state index in [4.69, 9.17) is 29.4 Å². The average Bonchev–Trinajstić information content (AvgIpc) is 3.39. The molecule has 0 aromatic heterocycles. The fourth-order valence-electron chi connectivity index (χ4n) is 6.79. The molecule has 3 aliphatic heterocycles. The molecule has 1 unspecified atom stereocenters. The highest BCUT2D eigenvalue weighted by molar-refractivity contribution is 6.24. The lowest BCUT2D eigenvalue weighted by molar-refractivity contribution is -0.136. The van der Waals surface area contributed by atoms with Crippen LogP contribution in [0.2, 0.25) is 0 Å². The second kappa shape index (κ2) is 19.0. The third-order valence-electron chi connectivity index (χ3n) is 9.56. The molecule has 5 rings (SSSR count). The fourth-order valence-corrected chi connectivity index (χ4v) is 6.79. The first-order chi connectivity index (χ1) is 25.2. The van der Waals surface area contributed by atoms with Crippen molar-refractivity contribution in [3.8, 4) is 5.75 Å². The smallest absolute Gasteiger partial charge is 0.262 e.